The van der Waals surface area contributed by atoms with Crippen LogP contribution in [0.5, 0.6) is 0 Å². The number of benzene rings is 2. The van der Waals surface area contributed by atoms with Crippen LogP contribution in [0.4, 0.5) is 0 Å². The molecule has 2 aromatic rings. The van der Waals surface area contributed by atoms with Gasteiger partial charge in [0.1, 0.15) is 11.4 Å². The summed E-state index contributed by atoms with van der Waals surface area (Å²) in [7, 11) is 3.10. The van der Waals surface area contributed by atoms with E-state index in [2.05, 4.69) is 52.8 Å². The maximum atomic E-state index is 12.4. The maximum absolute atomic E-state index is 12.4. The number of oxime groups is 2. The molecule has 0 atom stereocenters. The van der Waals surface area contributed by atoms with Gasteiger partial charge in [0.25, 0.3) is 11.8 Å². The zero-order valence-electron chi connectivity index (χ0n) is 20.7. The summed E-state index contributed by atoms with van der Waals surface area (Å²) in [6, 6.07) is 11.5. The lowest BCUT2D eigenvalue weighted by Gasteiger charge is -2.09. The molecule has 0 aliphatic rings. The number of hydrogen-bond donors (Lipinski definition) is 4. The normalized spacial score (nSPS) is 11.9. The third-order valence-electron chi connectivity index (χ3n) is 4.97. The van der Waals surface area contributed by atoms with Crippen LogP contribution in [0.3, 0.4) is 0 Å². The number of carbonyl (C=O) groups excluding carboxylic acids is 2. The second kappa shape index (κ2) is 18.1. The van der Waals surface area contributed by atoms with Crippen molar-refractivity contribution in [2.24, 2.45) is 10.3 Å². The van der Waals surface area contributed by atoms with Gasteiger partial charge in [-0.15, -0.1) is 23.5 Å². The van der Waals surface area contributed by atoms with E-state index in [4.69, 9.17) is 0 Å². The van der Waals surface area contributed by atoms with E-state index >= 15 is 0 Å². The molecule has 2 rings (SSSR count). The molecule has 2 amide bonds. The highest BCUT2D eigenvalue weighted by atomic mass is 79.9. The molecule has 4 N–H and O–H groups in total. The average molecular weight is 725 g/mol. The summed E-state index contributed by atoms with van der Waals surface area (Å²) < 4.78 is 1.86. The van der Waals surface area contributed by atoms with Crippen molar-refractivity contribution in [3.8, 4) is 0 Å². The molecule has 206 valence electrons. The van der Waals surface area contributed by atoms with Crippen molar-refractivity contribution in [2.45, 2.75) is 22.6 Å². The van der Waals surface area contributed by atoms with Gasteiger partial charge >= 0.3 is 0 Å². The third-order valence-corrected chi connectivity index (χ3v) is 10.8. The summed E-state index contributed by atoms with van der Waals surface area (Å²) >= 11 is 10.2. The average Bonchev–Trinajstić information content (AvgIpc) is 2.91. The number of nitrogens with zero attached hydrogens (tertiary/aromatic N) is 2. The second-order valence-corrected chi connectivity index (χ2v) is 13.6. The highest BCUT2D eigenvalue weighted by molar-refractivity contribution is 9.10. The minimum absolute atomic E-state index is 0.0445. The van der Waals surface area contributed by atoms with Crippen LogP contribution in [0.1, 0.15) is 11.1 Å². The van der Waals surface area contributed by atoms with E-state index in [1.807, 2.05) is 48.9 Å². The van der Waals surface area contributed by atoms with Gasteiger partial charge in [0.05, 0.1) is 0 Å². The SMILES string of the molecule is CSc1ccc(C/C(=N\O)C(=O)NCCSSCCNC(=O)/C(Cc2ccc(SC)c(Br)c2)=N/O)cc1Br. The lowest BCUT2D eigenvalue weighted by atomic mass is 10.1. The summed E-state index contributed by atoms with van der Waals surface area (Å²) in [5, 5.41) is 30.4. The first-order valence-electron chi connectivity index (χ1n) is 11.2. The molecule has 0 fully saturated rings. The highest BCUT2D eigenvalue weighted by Crippen LogP contribution is 2.27. The summed E-state index contributed by atoms with van der Waals surface area (Å²) in [4.78, 5) is 26.9. The Hall–Kier alpha value is -1.32. The first-order valence-corrected chi connectivity index (χ1v) is 17.7. The van der Waals surface area contributed by atoms with Gasteiger partial charge in [-0.3, -0.25) is 9.59 Å². The zero-order chi connectivity index (χ0) is 27.9. The molecule has 0 bridgehead atoms. The van der Waals surface area contributed by atoms with Gasteiger partial charge in [-0.05, 0) is 79.8 Å². The fourth-order valence-corrected chi connectivity index (χ4v) is 7.64. The minimum atomic E-state index is -0.415. The van der Waals surface area contributed by atoms with Crippen LogP contribution in [-0.2, 0) is 22.4 Å². The molecule has 14 heteroatoms. The zero-order valence-corrected chi connectivity index (χ0v) is 27.1. The minimum Gasteiger partial charge on any atom is -0.410 e. The number of nitrogens with one attached hydrogen (secondary N) is 2. The molecular formula is C24H28Br2N4O4S4. The first kappa shape index (κ1) is 32.9. The Bertz CT molecular complexity index is 1080. The van der Waals surface area contributed by atoms with Crippen LogP contribution in [0, 0.1) is 0 Å². The molecule has 0 spiro atoms. The highest BCUT2D eigenvalue weighted by Gasteiger charge is 2.15. The molecule has 38 heavy (non-hydrogen) atoms. The Labute approximate surface area is 255 Å². The number of amides is 2. The Balaban J connectivity index is 1.63. The van der Waals surface area contributed by atoms with Gasteiger partial charge in [-0.25, -0.2) is 0 Å². The molecule has 0 saturated carbocycles. The summed E-state index contributed by atoms with van der Waals surface area (Å²) in [6.07, 6.45) is 4.40. The van der Waals surface area contributed by atoms with Crippen LogP contribution in [0.25, 0.3) is 0 Å². The Morgan fingerprint density at radius 1 is 0.763 bits per heavy atom. The monoisotopic (exact) mass is 722 g/mol. The smallest absolute Gasteiger partial charge is 0.269 e. The molecule has 2 aromatic carbocycles. The van der Waals surface area contributed by atoms with Gasteiger partial charge in [0.2, 0.25) is 0 Å². The van der Waals surface area contributed by atoms with Gasteiger partial charge < -0.3 is 21.0 Å². The summed E-state index contributed by atoms with van der Waals surface area (Å²) in [5.41, 5.74) is 1.81. The quantitative estimate of drug-likeness (QED) is 0.0460. The van der Waals surface area contributed by atoms with Crippen molar-refractivity contribution < 1.29 is 20.0 Å². The molecule has 0 heterocycles. The van der Waals surface area contributed by atoms with Crippen molar-refractivity contribution in [2.75, 3.05) is 37.1 Å². The number of thioether (sulfide) groups is 2. The molecule has 0 unspecified atom stereocenters. The standard InChI is InChI=1S/C24H28Br2N4O4S4/c1-35-21-5-3-15(11-17(21)25)13-19(29-33)23(31)27-7-9-37-38-10-8-28-24(32)20(30-34)14-16-4-6-22(36-2)18(26)12-16/h3-6,11-12,33-34H,7-10,13-14H2,1-2H3,(H,27,31)(H,28,32)/b29-19+,30-20+. The Morgan fingerprint density at radius 2 is 1.16 bits per heavy atom. The van der Waals surface area contributed by atoms with Crippen LogP contribution in [-0.4, -0.2) is 70.8 Å². The van der Waals surface area contributed by atoms with Gasteiger partial charge in [-0.2, -0.15) is 0 Å². The van der Waals surface area contributed by atoms with E-state index in [1.165, 1.54) is 0 Å². The lowest BCUT2D eigenvalue weighted by molar-refractivity contribution is -0.115. The topological polar surface area (TPSA) is 123 Å². The van der Waals surface area contributed by atoms with E-state index < -0.39 is 11.8 Å². The summed E-state index contributed by atoms with van der Waals surface area (Å²) in [6.45, 7) is 0.812. The van der Waals surface area contributed by atoms with Crippen LogP contribution < -0.4 is 10.6 Å². The predicted octanol–water partition coefficient (Wildman–Crippen LogP) is 5.71. The van der Waals surface area contributed by atoms with Crippen LogP contribution in [0.15, 0.2) is 65.4 Å². The fourth-order valence-electron chi connectivity index (χ4n) is 3.08. The van der Waals surface area contributed by atoms with E-state index in [9.17, 15) is 20.0 Å². The van der Waals surface area contributed by atoms with E-state index in [-0.39, 0.29) is 24.3 Å². The molecule has 0 aliphatic carbocycles. The van der Waals surface area contributed by atoms with Crippen LogP contribution in [0.2, 0.25) is 0 Å². The van der Waals surface area contributed by atoms with Crippen LogP contribution >= 0.6 is 77.0 Å². The molecule has 8 nitrogen and oxygen atoms in total. The second-order valence-electron chi connectivity index (χ2n) is 7.54. The van der Waals surface area contributed by atoms with Gasteiger partial charge in [-0.1, -0.05) is 44.0 Å². The molecular weight excluding hydrogens is 696 g/mol. The van der Waals surface area contributed by atoms with Gasteiger partial charge in [0.15, 0.2) is 0 Å². The van der Waals surface area contributed by atoms with Crippen molar-refractivity contribution >= 4 is 100 Å². The predicted molar refractivity (Wildman–Crippen MR) is 169 cm³/mol. The van der Waals surface area contributed by atoms with Crippen molar-refractivity contribution in [3.63, 3.8) is 0 Å². The Kier molecular flexibility index (Phi) is 15.7. The molecule has 0 aromatic heterocycles. The van der Waals surface area contributed by atoms with Crippen molar-refractivity contribution in [1.29, 1.82) is 0 Å². The maximum Gasteiger partial charge on any atom is 0.269 e. The van der Waals surface area contributed by atoms with E-state index in [1.54, 1.807) is 45.1 Å². The third kappa shape index (κ3) is 11.0. The number of carbonyl (C=O) groups is 2. The number of halogens is 2. The first-order chi connectivity index (χ1) is 18.3. The number of hydrogen-bond acceptors (Lipinski definition) is 10. The molecule has 0 radical (unpaired) electrons. The van der Waals surface area contributed by atoms with E-state index in [0.717, 1.165) is 29.9 Å². The van der Waals surface area contributed by atoms with E-state index in [0.29, 0.717) is 24.6 Å². The largest absolute Gasteiger partial charge is 0.410 e. The Morgan fingerprint density at radius 3 is 1.47 bits per heavy atom. The van der Waals surface area contributed by atoms with Gasteiger partial charge in [0, 0.05) is 56.2 Å². The molecule has 0 saturated heterocycles. The fraction of sp³-hybridized carbons (Fsp3) is 0.333. The summed E-state index contributed by atoms with van der Waals surface area (Å²) in [5.74, 6) is 0.450. The van der Waals surface area contributed by atoms with Crippen molar-refractivity contribution in [3.05, 3.63) is 56.5 Å². The lowest BCUT2D eigenvalue weighted by Crippen LogP contribution is -2.34. The molecule has 0 aliphatic heterocycles. The van der Waals surface area contributed by atoms with Crippen molar-refractivity contribution in [1.82, 2.24) is 10.6 Å². The number of rotatable bonds is 15.